The third-order valence-corrected chi connectivity index (χ3v) is 5.53. The SMILES string of the molecule is C/C(=C\N([NH-])C(CC#N)C1CCCC1)C(C)c1ccn(P)c1N.CC.[K+]. The minimum Gasteiger partial charge on any atom is -0.584 e. The molecule has 1 heterocycles. The number of aromatic nitrogens is 1. The summed E-state index contributed by atoms with van der Waals surface area (Å²) in [6.45, 7) is 8.13. The molecule has 3 unspecified atom stereocenters. The van der Waals surface area contributed by atoms with Crippen molar-refractivity contribution in [3.63, 3.8) is 0 Å². The van der Waals surface area contributed by atoms with E-state index in [0.29, 0.717) is 12.3 Å². The number of anilines is 1. The molecule has 0 aliphatic heterocycles. The van der Waals surface area contributed by atoms with Gasteiger partial charge in [0.15, 0.2) is 0 Å². The molecule has 0 saturated heterocycles. The van der Waals surface area contributed by atoms with Crippen molar-refractivity contribution < 1.29 is 51.4 Å². The number of nitrogens with two attached hydrogens (primary N) is 1. The zero-order valence-electron chi connectivity index (χ0n) is 17.0. The van der Waals surface area contributed by atoms with Crippen LogP contribution in [0.15, 0.2) is 24.0 Å². The average molecular weight is 402 g/mol. The van der Waals surface area contributed by atoms with Gasteiger partial charge in [-0.25, -0.2) is 0 Å². The topological polar surface area (TPSA) is 81.8 Å². The molecule has 1 aromatic rings. The molecule has 26 heavy (non-hydrogen) atoms. The van der Waals surface area contributed by atoms with E-state index in [1.807, 2.05) is 43.6 Å². The molecule has 0 bridgehead atoms. The van der Waals surface area contributed by atoms with Crippen LogP contribution in [0, 0.1) is 17.2 Å². The van der Waals surface area contributed by atoms with E-state index in [9.17, 15) is 0 Å². The molecule has 3 atom stereocenters. The summed E-state index contributed by atoms with van der Waals surface area (Å²) >= 11 is 0. The molecule has 3 N–H and O–H groups in total. The summed E-state index contributed by atoms with van der Waals surface area (Å²) in [7, 11) is 2.57. The molecule has 1 aromatic heterocycles. The predicted octanol–water partition coefficient (Wildman–Crippen LogP) is 2.49. The van der Waals surface area contributed by atoms with Crippen LogP contribution in [-0.4, -0.2) is 15.4 Å². The summed E-state index contributed by atoms with van der Waals surface area (Å²) in [6, 6.07) is 4.27. The Kier molecular flexibility index (Phi) is 13.4. The van der Waals surface area contributed by atoms with Gasteiger partial charge in [0, 0.05) is 23.7 Å². The first-order valence-corrected chi connectivity index (χ1v) is 9.74. The van der Waals surface area contributed by atoms with Crippen LogP contribution in [0.4, 0.5) is 5.82 Å². The van der Waals surface area contributed by atoms with Crippen molar-refractivity contribution in [1.82, 2.24) is 9.35 Å². The van der Waals surface area contributed by atoms with E-state index < -0.39 is 0 Å². The minimum atomic E-state index is -0.00618. The molecular weight excluding hydrogens is 368 g/mol. The Hall–Kier alpha value is 0.136. The summed E-state index contributed by atoms with van der Waals surface area (Å²) in [5, 5.41) is 10.6. The molecule has 5 nitrogen and oxygen atoms in total. The number of nitriles is 1. The largest absolute Gasteiger partial charge is 1.00 e. The van der Waals surface area contributed by atoms with E-state index in [0.717, 1.165) is 29.8 Å². The van der Waals surface area contributed by atoms with Crippen molar-refractivity contribution in [2.24, 2.45) is 5.92 Å². The Labute approximate surface area is 204 Å². The van der Waals surface area contributed by atoms with Crippen LogP contribution in [0.25, 0.3) is 5.84 Å². The maximum atomic E-state index is 9.10. The van der Waals surface area contributed by atoms with E-state index in [1.54, 1.807) is 0 Å². The zero-order valence-corrected chi connectivity index (χ0v) is 21.3. The number of nitrogen functional groups attached to an aromatic ring is 1. The van der Waals surface area contributed by atoms with E-state index in [4.69, 9.17) is 16.8 Å². The van der Waals surface area contributed by atoms with E-state index in [2.05, 4.69) is 22.4 Å². The number of allylic oxidation sites excluding steroid dienone is 1. The summed E-state index contributed by atoms with van der Waals surface area (Å²) in [5.74, 6) is 9.75. The predicted molar refractivity (Wildman–Crippen MR) is 110 cm³/mol. The smallest absolute Gasteiger partial charge is 0.584 e. The maximum absolute atomic E-state index is 9.10. The molecule has 7 heteroatoms. The van der Waals surface area contributed by atoms with E-state index in [1.165, 1.54) is 17.9 Å². The Morgan fingerprint density at radius 1 is 1.50 bits per heavy atom. The van der Waals surface area contributed by atoms with Gasteiger partial charge in [-0.2, -0.15) is 5.26 Å². The van der Waals surface area contributed by atoms with Crippen LogP contribution in [0.3, 0.4) is 0 Å². The van der Waals surface area contributed by atoms with Crippen LogP contribution in [0.1, 0.15) is 71.3 Å². The second kappa shape index (κ2) is 13.3. The zero-order chi connectivity index (χ0) is 19.0. The van der Waals surface area contributed by atoms with E-state index in [-0.39, 0.29) is 63.3 Å². The Bertz CT molecular complexity index is 602. The fraction of sp³-hybridized carbons (Fsp3) is 0.632. The first-order valence-electron chi connectivity index (χ1n) is 9.22. The quantitative estimate of drug-likeness (QED) is 0.452. The third-order valence-electron chi connectivity index (χ3n) is 5.08. The molecule has 0 amide bonds. The van der Waals surface area contributed by atoms with Crippen molar-refractivity contribution in [3.05, 3.63) is 35.4 Å². The number of nitrogens with zero attached hydrogens (tertiary/aromatic N) is 3. The Morgan fingerprint density at radius 2 is 2.08 bits per heavy atom. The molecule has 0 aromatic carbocycles. The number of hydrogen-bond donors (Lipinski definition) is 1. The Morgan fingerprint density at radius 3 is 2.54 bits per heavy atom. The van der Waals surface area contributed by atoms with Gasteiger partial charge in [0.05, 0.1) is 12.5 Å². The van der Waals surface area contributed by atoms with Gasteiger partial charge >= 0.3 is 51.4 Å². The third kappa shape index (κ3) is 6.94. The van der Waals surface area contributed by atoms with Crippen LogP contribution in [0.2, 0.25) is 0 Å². The summed E-state index contributed by atoms with van der Waals surface area (Å²) in [4.78, 5) is 0. The van der Waals surface area contributed by atoms with Crippen molar-refractivity contribution in [2.75, 3.05) is 5.73 Å². The summed E-state index contributed by atoms with van der Waals surface area (Å²) in [6.07, 6.45) is 8.92. The van der Waals surface area contributed by atoms with Crippen LogP contribution in [0.5, 0.6) is 0 Å². The normalized spacial score (nSPS) is 16.7. The molecule has 1 saturated carbocycles. The van der Waals surface area contributed by atoms with Gasteiger partial charge in [-0.15, -0.1) is 0 Å². The van der Waals surface area contributed by atoms with Gasteiger partial charge in [0.25, 0.3) is 0 Å². The number of rotatable bonds is 6. The van der Waals surface area contributed by atoms with Gasteiger partial charge in [-0.1, -0.05) is 39.2 Å². The molecule has 2 rings (SSSR count). The molecule has 1 aliphatic carbocycles. The van der Waals surface area contributed by atoms with Gasteiger partial charge in [-0.3, -0.25) is 0 Å². The molecule has 1 aliphatic rings. The minimum absolute atomic E-state index is 0. The first kappa shape index (κ1) is 26.1. The van der Waals surface area contributed by atoms with Crippen molar-refractivity contribution in [1.29, 1.82) is 5.26 Å². The van der Waals surface area contributed by atoms with Crippen LogP contribution in [-0.2, 0) is 0 Å². The second-order valence-electron chi connectivity index (χ2n) is 6.54. The van der Waals surface area contributed by atoms with Crippen molar-refractivity contribution in [3.8, 4) is 6.07 Å². The maximum Gasteiger partial charge on any atom is 1.00 e. The van der Waals surface area contributed by atoms with E-state index >= 15 is 0 Å². The first-order chi connectivity index (χ1) is 12.0. The number of hydrogen-bond acceptors (Lipinski definition) is 3. The monoisotopic (exact) mass is 401 g/mol. The average Bonchev–Trinajstić information content (AvgIpc) is 3.25. The van der Waals surface area contributed by atoms with Gasteiger partial charge in [0.2, 0.25) is 0 Å². The summed E-state index contributed by atoms with van der Waals surface area (Å²) in [5.41, 5.74) is 8.25. The number of nitrogens with one attached hydrogen (secondary N) is 1. The van der Waals surface area contributed by atoms with Gasteiger partial charge in [0.1, 0.15) is 5.82 Å². The van der Waals surface area contributed by atoms with Gasteiger partial charge in [-0.05, 0) is 47.3 Å². The fourth-order valence-electron chi connectivity index (χ4n) is 3.44. The second-order valence-corrected chi connectivity index (χ2v) is 7.10. The molecule has 140 valence electrons. The van der Waals surface area contributed by atoms with Crippen molar-refractivity contribution >= 4 is 15.2 Å². The molecule has 0 radical (unpaired) electrons. The van der Waals surface area contributed by atoms with Crippen LogP contribution >= 0.6 is 9.39 Å². The summed E-state index contributed by atoms with van der Waals surface area (Å²) < 4.78 is 1.83. The van der Waals surface area contributed by atoms with Crippen LogP contribution < -0.4 is 57.1 Å². The molecule has 1 fully saturated rings. The van der Waals surface area contributed by atoms with Crippen molar-refractivity contribution in [2.45, 2.75) is 71.8 Å². The fourth-order valence-corrected chi connectivity index (χ4v) is 3.68. The Balaban J connectivity index is 0.00000201. The standard InChI is InChI=1S/C17H27N5P.C2H6.K/c1-12(13(2)15-8-10-22(23)17(15)19)11-21(20)16(7-9-18)14-5-3-4-6-14;1-2;/h8,10-11,13-14,16,20H,3-7,19,23H2,1-2H3;1-2H3;/q-1;;+1/b12-11+;;. The molecule has 0 spiro atoms. The molecular formula is C19H33KN5P. The van der Waals surface area contributed by atoms with Gasteiger partial charge < -0.3 is 20.9 Å².